The lowest BCUT2D eigenvalue weighted by Gasteiger charge is -2.16. The first-order valence-corrected chi connectivity index (χ1v) is 11.0. The molecule has 0 bridgehead atoms. The van der Waals surface area contributed by atoms with Gasteiger partial charge in [0.2, 0.25) is 5.91 Å². The highest BCUT2D eigenvalue weighted by molar-refractivity contribution is 6.07. The lowest BCUT2D eigenvalue weighted by molar-refractivity contribution is -0.137. The molecule has 0 aliphatic carbocycles. The van der Waals surface area contributed by atoms with Crippen molar-refractivity contribution in [1.82, 2.24) is 19.5 Å². The number of benzene rings is 2. The van der Waals surface area contributed by atoms with Gasteiger partial charge in [-0.1, -0.05) is 6.07 Å². The summed E-state index contributed by atoms with van der Waals surface area (Å²) in [5.74, 6) is -1.07. The van der Waals surface area contributed by atoms with Crippen LogP contribution in [0.2, 0.25) is 0 Å². The Labute approximate surface area is 209 Å². The Morgan fingerprint density at radius 2 is 1.76 bits per heavy atom. The molecule has 0 aliphatic heterocycles. The van der Waals surface area contributed by atoms with Crippen LogP contribution in [0, 0.1) is 13.8 Å². The smallest absolute Gasteiger partial charge is 0.322 e. The standard InChI is InChI=1S/C26H21F3N6O2/c1-16-3-5-19(9-22(16)34-24(36)8-4-18-11-30-14-31-12-18)25(37)33-20-6-7-23(21(10-20)26(27,28)29)35-13-17(2)32-15-35/h3-15H,1-2H3,(H,33,37)(H,34,36). The van der Waals surface area contributed by atoms with E-state index < -0.39 is 23.6 Å². The molecule has 2 heterocycles. The summed E-state index contributed by atoms with van der Waals surface area (Å²) >= 11 is 0. The van der Waals surface area contributed by atoms with Crippen molar-refractivity contribution in [2.75, 3.05) is 10.6 Å². The van der Waals surface area contributed by atoms with Crippen molar-refractivity contribution in [3.63, 3.8) is 0 Å². The first-order valence-electron chi connectivity index (χ1n) is 11.0. The van der Waals surface area contributed by atoms with Gasteiger partial charge in [-0.25, -0.2) is 15.0 Å². The number of halogens is 3. The van der Waals surface area contributed by atoms with Gasteiger partial charge in [-0.15, -0.1) is 0 Å². The number of aryl methyl sites for hydroxylation is 2. The second kappa shape index (κ2) is 10.4. The fourth-order valence-electron chi connectivity index (χ4n) is 3.46. The maximum atomic E-state index is 13.8. The molecule has 2 N–H and O–H groups in total. The molecule has 2 aromatic heterocycles. The van der Waals surface area contributed by atoms with Crippen molar-refractivity contribution in [2.24, 2.45) is 0 Å². The van der Waals surface area contributed by atoms with Crippen molar-refractivity contribution in [2.45, 2.75) is 20.0 Å². The summed E-state index contributed by atoms with van der Waals surface area (Å²) in [4.78, 5) is 36.9. The van der Waals surface area contributed by atoms with Crippen molar-refractivity contribution >= 4 is 29.3 Å². The van der Waals surface area contributed by atoms with Crippen molar-refractivity contribution in [3.05, 3.63) is 102 Å². The minimum atomic E-state index is -4.66. The number of anilines is 2. The van der Waals surface area contributed by atoms with E-state index >= 15 is 0 Å². The van der Waals surface area contributed by atoms with Crippen LogP contribution in [-0.2, 0) is 11.0 Å². The third kappa shape index (κ3) is 6.26. The molecule has 37 heavy (non-hydrogen) atoms. The fourth-order valence-corrected chi connectivity index (χ4v) is 3.46. The minimum Gasteiger partial charge on any atom is -0.322 e. The zero-order valence-corrected chi connectivity index (χ0v) is 19.7. The number of carbonyl (C=O) groups excluding carboxylic acids is 2. The van der Waals surface area contributed by atoms with Crippen molar-refractivity contribution < 1.29 is 22.8 Å². The molecular weight excluding hydrogens is 485 g/mol. The topological polar surface area (TPSA) is 102 Å². The lowest BCUT2D eigenvalue weighted by atomic mass is 10.1. The van der Waals surface area contributed by atoms with Gasteiger partial charge in [0, 0.05) is 47.2 Å². The fraction of sp³-hybridized carbons (Fsp3) is 0.115. The first kappa shape index (κ1) is 25.3. The van der Waals surface area contributed by atoms with E-state index in [2.05, 4.69) is 25.6 Å². The summed E-state index contributed by atoms with van der Waals surface area (Å²) in [6.07, 6.45) is 5.41. The Balaban J connectivity index is 1.52. The molecule has 0 saturated heterocycles. The van der Waals surface area contributed by atoms with Gasteiger partial charge in [0.15, 0.2) is 0 Å². The summed E-state index contributed by atoms with van der Waals surface area (Å²) < 4.78 is 42.6. The van der Waals surface area contributed by atoms with Gasteiger partial charge in [-0.05, 0) is 55.8 Å². The molecule has 4 rings (SSSR count). The van der Waals surface area contributed by atoms with E-state index in [0.29, 0.717) is 22.5 Å². The van der Waals surface area contributed by atoms with E-state index in [-0.39, 0.29) is 16.9 Å². The molecule has 2 aromatic carbocycles. The summed E-state index contributed by atoms with van der Waals surface area (Å²) in [7, 11) is 0. The minimum absolute atomic E-state index is 0.0305. The van der Waals surface area contributed by atoms with Crippen molar-refractivity contribution in [1.29, 1.82) is 0 Å². The van der Waals surface area contributed by atoms with E-state index in [9.17, 15) is 22.8 Å². The molecule has 0 radical (unpaired) electrons. The summed E-state index contributed by atoms with van der Waals surface area (Å²) in [6, 6.07) is 8.12. The Morgan fingerprint density at radius 1 is 1.00 bits per heavy atom. The first-order chi connectivity index (χ1) is 17.6. The molecule has 0 spiro atoms. The SMILES string of the molecule is Cc1cn(-c2ccc(NC(=O)c3ccc(C)c(NC(=O)C=Cc4cncnc4)c3)cc2C(F)(F)F)cn1. The van der Waals surface area contributed by atoms with Gasteiger partial charge in [0.25, 0.3) is 5.91 Å². The number of alkyl halides is 3. The van der Waals surface area contributed by atoms with Gasteiger partial charge in [-0.2, -0.15) is 13.2 Å². The summed E-state index contributed by atoms with van der Waals surface area (Å²) in [5, 5.41) is 5.19. The van der Waals surface area contributed by atoms with Gasteiger partial charge in [0.1, 0.15) is 6.33 Å². The van der Waals surface area contributed by atoms with Crippen LogP contribution in [0.5, 0.6) is 0 Å². The number of nitrogens with one attached hydrogen (secondary N) is 2. The second-order valence-electron chi connectivity index (χ2n) is 8.13. The van der Waals surface area contributed by atoms with Crippen LogP contribution in [0.25, 0.3) is 11.8 Å². The average Bonchev–Trinajstić information content (AvgIpc) is 3.30. The predicted octanol–water partition coefficient (Wildman–Crippen LogP) is 5.20. The number of nitrogens with zero attached hydrogens (tertiary/aromatic N) is 4. The van der Waals surface area contributed by atoms with Gasteiger partial charge in [0.05, 0.1) is 23.3 Å². The molecule has 2 amide bonds. The largest absolute Gasteiger partial charge is 0.418 e. The van der Waals surface area contributed by atoms with Crippen LogP contribution in [0.15, 0.2) is 73.7 Å². The predicted molar refractivity (Wildman–Crippen MR) is 132 cm³/mol. The van der Waals surface area contributed by atoms with Gasteiger partial charge >= 0.3 is 6.18 Å². The quantitative estimate of drug-likeness (QED) is 0.350. The molecule has 4 aromatic rings. The molecular formula is C26H21F3N6O2. The van der Waals surface area contributed by atoms with Crippen molar-refractivity contribution in [3.8, 4) is 5.69 Å². The Bertz CT molecular complexity index is 1480. The number of imidazole rings is 1. The Hall–Kier alpha value is -4.80. The molecule has 0 fully saturated rings. The van der Waals surface area contributed by atoms with Crippen LogP contribution in [0.3, 0.4) is 0 Å². The number of aromatic nitrogens is 4. The Morgan fingerprint density at radius 3 is 2.43 bits per heavy atom. The zero-order chi connectivity index (χ0) is 26.6. The van der Waals surface area contributed by atoms with E-state index in [1.807, 2.05) is 0 Å². The monoisotopic (exact) mass is 506 g/mol. The second-order valence-corrected chi connectivity index (χ2v) is 8.13. The Kier molecular flexibility index (Phi) is 7.14. The molecule has 11 heteroatoms. The normalized spacial score (nSPS) is 11.5. The lowest BCUT2D eigenvalue weighted by Crippen LogP contribution is -2.16. The zero-order valence-electron chi connectivity index (χ0n) is 19.7. The van der Waals surface area contributed by atoms with Crippen LogP contribution < -0.4 is 10.6 Å². The van der Waals surface area contributed by atoms with Crippen LogP contribution in [0.1, 0.15) is 32.7 Å². The number of carbonyl (C=O) groups is 2. The number of amides is 2. The maximum Gasteiger partial charge on any atom is 0.418 e. The summed E-state index contributed by atoms with van der Waals surface area (Å²) in [5.41, 5.74) is 1.37. The van der Waals surface area contributed by atoms with E-state index in [0.717, 1.165) is 6.07 Å². The van der Waals surface area contributed by atoms with E-state index in [1.165, 1.54) is 59.8 Å². The van der Waals surface area contributed by atoms with Crippen LogP contribution in [-0.4, -0.2) is 31.3 Å². The molecule has 0 atom stereocenters. The van der Waals surface area contributed by atoms with E-state index in [4.69, 9.17) is 0 Å². The molecule has 0 unspecified atom stereocenters. The molecule has 0 saturated carbocycles. The molecule has 8 nitrogen and oxygen atoms in total. The van der Waals surface area contributed by atoms with Gasteiger partial charge in [-0.3, -0.25) is 9.59 Å². The molecule has 0 aliphatic rings. The van der Waals surface area contributed by atoms with E-state index in [1.54, 1.807) is 32.3 Å². The van der Waals surface area contributed by atoms with Gasteiger partial charge < -0.3 is 15.2 Å². The summed E-state index contributed by atoms with van der Waals surface area (Å²) in [6.45, 7) is 3.42. The third-order valence-corrected chi connectivity index (χ3v) is 5.32. The van der Waals surface area contributed by atoms with Crippen LogP contribution >= 0.6 is 0 Å². The maximum absolute atomic E-state index is 13.8. The highest BCUT2D eigenvalue weighted by atomic mass is 19.4. The molecule has 188 valence electrons. The highest BCUT2D eigenvalue weighted by Crippen LogP contribution is 2.36. The number of hydrogen-bond acceptors (Lipinski definition) is 5. The van der Waals surface area contributed by atoms with Crippen LogP contribution in [0.4, 0.5) is 24.5 Å². The highest BCUT2D eigenvalue weighted by Gasteiger charge is 2.34. The average molecular weight is 506 g/mol. The number of hydrogen-bond donors (Lipinski definition) is 2. The third-order valence-electron chi connectivity index (χ3n) is 5.32. The number of rotatable bonds is 6.